The molecular weight excluding hydrogens is 146 g/mol. The van der Waals surface area contributed by atoms with E-state index in [1.807, 2.05) is 19.9 Å². The van der Waals surface area contributed by atoms with Gasteiger partial charge in [0.15, 0.2) is 0 Å². The maximum atomic E-state index is 11.8. The Hall–Kier alpha value is -0.920. The van der Waals surface area contributed by atoms with Gasteiger partial charge in [-0.15, -0.1) is 0 Å². The van der Waals surface area contributed by atoms with Gasteiger partial charge in [-0.25, -0.2) is 8.78 Å². The molecule has 0 saturated heterocycles. The molecule has 0 rings (SSSR count). The molecule has 2 heteroatoms. The molecule has 0 aromatic rings. The Morgan fingerprint density at radius 1 is 1.36 bits per heavy atom. The van der Waals surface area contributed by atoms with Gasteiger partial charge in [0.05, 0.1) is 0 Å². The summed E-state index contributed by atoms with van der Waals surface area (Å²) in [5.74, 6) is 0. The Labute approximate surface area is 65.9 Å². The van der Waals surface area contributed by atoms with Crippen molar-refractivity contribution < 1.29 is 8.78 Å². The molecule has 0 saturated carbocycles. The summed E-state index contributed by atoms with van der Waals surface area (Å²) in [4.78, 5) is 0. The van der Waals surface area contributed by atoms with Gasteiger partial charge in [-0.05, 0) is 13.8 Å². The second kappa shape index (κ2) is 4.83. The van der Waals surface area contributed by atoms with E-state index in [1.54, 1.807) is 6.08 Å². The third-order valence-corrected chi connectivity index (χ3v) is 1.30. The van der Waals surface area contributed by atoms with E-state index >= 15 is 0 Å². The van der Waals surface area contributed by atoms with E-state index in [9.17, 15) is 8.78 Å². The van der Waals surface area contributed by atoms with Crippen molar-refractivity contribution in [3.8, 4) is 0 Å². The molecular formula is C9H12F2. The first-order chi connectivity index (χ1) is 5.07. The van der Waals surface area contributed by atoms with E-state index < -0.39 is 6.43 Å². The van der Waals surface area contributed by atoms with Gasteiger partial charge < -0.3 is 0 Å². The molecule has 0 fully saturated rings. The minimum Gasteiger partial charge on any atom is -0.205 e. The van der Waals surface area contributed by atoms with Crippen LogP contribution in [0.25, 0.3) is 0 Å². The van der Waals surface area contributed by atoms with Crippen LogP contribution in [0.5, 0.6) is 0 Å². The Bertz CT molecular complexity index is 188. The number of hydrogen-bond donors (Lipinski definition) is 0. The van der Waals surface area contributed by atoms with E-state index in [0.29, 0.717) is 0 Å². The monoisotopic (exact) mass is 158 g/mol. The third kappa shape index (κ3) is 4.48. The first-order valence-corrected chi connectivity index (χ1v) is 3.36. The molecule has 0 aromatic heterocycles. The Kier molecular flexibility index (Phi) is 4.42. The van der Waals surface area contributed by atoms with Crippen LogP contribution in [-0.4, -0.2) is 6.43 Å². The molecule has 0 aromatic carbocycles. The highest BCUT2D eigenvalue weighted by atomic mass is 19.3. The second-order valence-electron chi connectivity index (χ2n) is 2.24. The molecule has 0 spiro atoms. The van der Waals surface area contributed by atoms with Crippen LogP contribution >= 0.6 is 0 Å². The van der Waals surface area contributed by atoms with Gasteiger partial charge in [0.25, 0.3) is 6.43 Å². The number of halogens is 2. The molecule has 0 aliphatic rings. The molecule has 0 amide bonds. The Morgan fingerprint density at radius 3 is 2.27 bits per heavy atom. The summed E-state index contributed by atoms with van der Waals surface area (Å²) in [5, 5.41) is 0. The van der Waals surface area contributed by atoms with Gasteiger partial charge >= 0.3 is 0 Å². The van der Waals surface area contributed by atoms with Crippen molar-refractivity contribution in [3.05, 3.63) is 36.0 Å². The zero-order valence-electron chi connectivity index (χ0n) is 6.77. The maximum Gasteiger partial charge on any atom is 0.263 e. The lowest BCUT2D eigenvalue weighted by molar-refractivity contribution is 0.194. The van der Waals surface area contributed by atoms with Crippen molar-refractivity contribution in [1.82, 2.24) is 0 Å². The van der Waals surface area contributed by atoms with Crippen LogP contribution in [0.4, 0.5) is 8.78 Å². The topological polar surface area (TPSA) is 0 Å². The smallest absolute Gasteiger partial charge is 0.205 e. The fourth-order valence-electron chi connectivity index (χ4n) is 0.407. The van der Waals surface area contributed by atoms with Gasteiger partial charge in [0.1, 0.15) is 0 Å². The minimum absolute atomic E-state index is 0.147. The van der Waals surface area contributed by atoms with E-state index in [1.165, 1.54) is 6.08 Å². The molecule has 0 N–H and O–H groups in total. The number of alkyl halides is 2. The predicted octanol–water partition coefficient (Wildman–Crippen LogP) is 3.33. The molecule has 0 radical (unpaired) electrons. The molecule has 0 aliphatic heterocycles. The van der Waals surface area contributed by atoms with Crippen molar-refractivity contribution in [3.63, 3.8) is 0 Å². The molecule has 0 aliphatic carbocycles. The lowest BCUT2D eigenvalue weighted by Crippen LogP contribution is -1.90. The van der Waals surface area contributed by atoms with Gasteiger partial charge in [0.2, 0.25) is 0 Å². The van der Waals surface area contributed by atoms with E-state index in [-0.39, 0.29) is 5.57 Å². The van der Waals surface area contributed by atoms with Crippen molar-refractivity contribution >= 4 is 0 Å². The summed E-state index contributed by atoms with van der Waals surface area (Å²) in [6, 6.07) is 0. The summed E-state index contributed by atoms with van der Waals surface area (Å²) in [6.45, 7) is 6.89. The maximum absolute atomic E-state index is 11.8. The van der Waals surface area contributed by atoms with Gasteiger partial charge in [-0.2, -0.15) is 0 Å². The summed E-state index contributed by atoms with van der Waals surface area (Å²) >= 11 is 0. The first-order valence-electron chi connectivity index (χ1n) is 3.36. The SMILES string of the molecule is C=C(/C=C\C(C)=C/C)C(F)F. The van der Waals surface area contributed by atoms with E-state index in [0.717, 1.165) is 5.57 Å². The Balaban J connectivity index is 4.04. The quantitative estimate of drug-likeness (QED) is 0.552. The Morgan fingerprint density at radius 2 is 1.91 bits per heavy atom. The average molecular weight is 158 g/mol. The number of allylic oxidation sites excluding steroid dienone is 5. The average Bonchev–Trinajstić information content (AvgIpc) is 1.99. The van der Waals surface area contributed by atoms with E-state index in [4.69, 9.17) is 0 Å². The lowest BCUT2D eigenvalue weighted by atomic mass is 10.2. The molecule has 0 atom stereocenters. The van der Waals surface area contributed by atoms with Crippen LogP contribution in [0.1, 0.15) is 13.8 Å². The van der Waals surface area contributed by atoms with E-state index in [2.05, 4.69) is 6.58 Å². The van der Waals surface area contributed by atoms with Gasteiger partial charge in [0, 0.05) is 5.57 Å². The molecule has 0 unspecified atom stereocenters. The second-order valence-corrected chi connectivity index (χ2v) is 2.24. The van der Waals surface area contributed by atoms with Crippen LogP contribution in [0.15, 0.2) is 36.0 Å². The normalized spacial score (nSPS) is 13.0. The van der Waals surface area contributed by atoms with Crippen molar-refractivity contribution in [2.75, 3.05) is 0 Å². The first kappa shape index (κ1) is 10.1. The van der Waals surface area contributed by atoms with Gasteiger partial charge in [-0.1, -0.05) is 30.4 Å². The zero-order valence-corrected chi connectivity index (χ0v) is 6.77. The van der Waals surface area contributed by atoms with Crippen molar-refractivity contribution in [2.24, 2.45) is 0 Å². The van der Waals surface area contributed by atoms with Crippen LogP contribution in [0, 0.1) is 0 Å². The van der Waals surface area contributed by atoms with Crippen LogP contribution in [0.3, 0.4) is 0 Å². The minimum atomic E-state index is -2.45. The molecule has 0 heterocycles. The number of rotatable bonds is 3. The van der Waals surface area contributed by atoms with Gasteiger partial charge in [-0.3, -0.25) is 0 Å². The highest BCUT2D eigenvalue weighted by molar-refractivity contribution is 5.25. The van der Waals surface area contributed by atoms with Crippen LogP contribution in [0.2, 0.25) is 0 Å². The molecule has 0 bridgehead atoms. The lowest BCUT2D eigenvalue weighted by Gasteiger charge is -1.95. The predicted molar refractivity (Wildman–Crippen MR) is 43.7 cm³/mol. The summed E-state index contributed by atoms with van der Waals surface area (Å²) in [6.07, 6.45) is 2.35. The standard InChI is InChI=1S/C9H12F2/c1-4-7(2)5-6-8(3)9(10)11/h4-6,9H,3H2,1-2H3/b6-5-,7-4-. The molecule has 11 heavy (non-hydrogen) atoms. The summed E-state index contributed by atoms with van der Waals surface area (Å²) in [5.41, 5.74) is 0.804. The highest BCUT2D eigenvalue weighted by Gasteiger charge is 2.02. The fraction of sp³-hybridized carbons (Fsp3) is 0.333. The van der Waals surface area contributed by atoms with Crippen LogP contribution in [-0.2, 0) is 0 Å². The largest absolute Gasteiger partial charge is 0.263 e. The summed E-state index contributed by atoms with van der Waals surface area (Å²) < 4.78 is 23.6. The molecule has 62 valence electrons. The highest BCUT2D eigenvalue weighted by Crippen LogP contribution is 2.08. The fourth-order valence-corrected chi connectivity index (χ4v) is 0.407. The zero-order chi connectivity index (χ0) is 8.85. The number of hydrogen-bond acceptors (Lipinski definition) is 0. The molecule has 0 nitrogen and oxygen atoms in total. The summed E-state index contributed by atoms with van der Waals surface area (Å²) in [7, 11) is 0. The van der Waals surface area contributed by atoms with Crippen LogP contribution < -0.4 is 0 Å². The van der Waals surface area contributed by atoms with Crippen molar-refractivity contribution in [1.29, 1.82) is 0 Å². The third-order valence-electron chi connectivity index (χ3n) is 1.30. The van der Waals surface area contributed by atoms with Crippen molar-refractivity contribution in [2.45, 2.75) is 20.3 Å².